The number of aromatic nitrogens is 6. The van der Waals surface area contributed by atoms with Gasteiger partial charge in [-0.3, -0.25) is 10.3 Å². The van der Waals surface area contributed by atoms with Gasteiger partial charge in [-0.05, 0) is 63.3 Å². The molecule has 1 aromatic carbocycles. The van der Waals surface area contributed by atoms with Crippen molar-refractivity contribution in [3.63, 3.8) is 0 Å². The lowest BCUT2D eigenvalue weighted by molar-refractivity contribution is 0.0552. The van der Waals surface area contributed by atoms with Crippen molar-refractivity contribution in [1.82, 2.24) is 29.5 Å². The third kappa shape index (κ3) is 4.79. The molecule has 1 aliphatic rings. The lowest BCUT2D eigenvalue weighted by atomic mass is 9.86. The second kappa shape index (κ2) is 10.7. The van der Waals surface area contributed by atoms with E-state index in [4.69, 9.17) is 19.4 Å². The van der Waals surface area contributed by atoms with Crippen LogP contribution in [0.3, 0.4) is 0 Å². The molecule has 5 aromatic rings. The molecule has 1 N–H and O–H groups in total. The lowest BCUT2D eigenvalue weighted by Crippen LogP contribution is -2.27. The largest absolute Gasteiger partial charge is 0.447 e. The molecule has 4 aromatic heterocycles. The Morgan fingerprint density at radius 3 is 2.60 bits per heavy atom. The first kappa shape index (κ1) is 25.9. The molecule has 206 valence electrons. The van der Waals surface area contributed by atoms with Crippen LogP contribution < -0.4 is 5.32 Å². The second-order valence-corrected chi connectivity index (χ2v) is 10.6. The van der Waals surface area contributed by atoms with Crippen molar-refractivity contribution < 1.29 is 14.3 Å². The van der Waals surface area contributed by atoms with Gasteiger partial charge in [0.1, 0.15) is 11.5 Å². The van der Waals surface area contributed by atoms with Gasteiger partial charge in [-0.25, -0.2) is 14.5 Å². The number of rotatable bonds is 6. The van der Waals surface area contributed by atoms with Crippen LogP contribution in [0.5, 0.6) is 0 Å². The summed E-state index contributed by atoms with van der Waals surface area (Å²) in [5, 5.41) is 12.2. The molecule has 40 heavy (non-hydrogen) atoms. The third-order valence-electron chi connectivity index (χ3n) is 7.46. The number of anilines is 1. The van der Waals surface area contributed by atoms with Crippen LogP contribution in [0.1, 0.15) is 44.0 Å². The number of hydrogen-bond acceptors (Lipinski definition) is 7. The minimum Gasteiger partial charge on any atom is -0.447 e. The monoisotopic (exact) mass is 539 g/mol. The van der Waals surface area contributed by atoms with E-state index in [9.17, 15) is 4.79 Å². The van der Waals surface area contributed by atoms with Gasteiger partial charge in [0.2, 0.25) is 0 Å². The summed E-state index contributed by atoms with van der Waals surface area (Å²) >= 11 is 0. The molecular weight excluding hydrogens is 506 g/mol. The molecule has 10 heteroatoms. The highest BCUT2D eigenvalue weighted by atomic mass is 16.6. The van der Waals surface area contributed by atoms with E-state index < -0.39 is 6.09 Å². The van der Waals surface area contributed by atoms with E-state index in [-0.39, 0.29) is 12.1 Å². The van der Waals surface area contributed by atoms with E-state index in [0.29, 0.717) is 11.7 Å². The number of pyridine rings is 2. The van der Waals surface area contributed by atoms with Crippen LogP contribution in [0.15, 0.2) is 54.7 Å². The zero-order valence-electron chi connectivity index (χ0n) is 23.2. The fourth-order valence-electron chi connectivity index (χ4n) is 5.77. The van der Waals surface area contributed by atoms with E-state index >= 15 is 0 Å². The van der Waals surface area contributed by atoms with Crippen molar-refractivity contribution in [2.75, 3.05) is 18.5 Å². The minimum absolute atomic E-state index is 0.0155. The van der Waals surface area contributed by atoms with Crippen LogP contribution in [-0.4, -0.2) is 54.9 Å². The summed E-state index contributed by atoms with van der Waals surface area (Å²) in [6, 6.07) is 16.4. The first-order valence-electron chi connectivity index (χ1n) is 13.7. The van der Waals surface area contributed by atoms with E-state index in [1.165, 1.54) is 5.56 Å². The summed E-state index contributed by atoms with van der Waals surface area (Å²) in [6.45, 7) is 7.02. The SMILES string of the molecule is Cc1nnn(C)c1-c1cnc2c3ccc(NC(=O)OC(C)C)nc3n([C@H](c3ccccc3)C3CCOCC3)c2c1. The Bertz CT molecular complexity index is 1650. The Balaban J connectivity index is 1.61. The van der Waals surface area contributed by atoms with E-state index in [2.05, 4.69) is 50.5 Å². The summed E-state index contributed by atoms with van der Waals surface area (Å²) in [5.74, 6) is 0.746. The summed E-state index contributed by atoms with van der Waals surface area (Å²) in [7, 11) is 1.89. The van der Waals surface area contributed by atoms with Crippen molar-refractivity contribution in [1.29, 1.82) is 0 Å². The molecule has 0 unspecified atom stereocenters. The third-order valence-corrected chi connectivity index (χ3v) is 7.46. The maximum Gasteiger partial charge on any atom is 0.413 e. The van der Waals surface area contributed by atoms with Gasteiger partial charge in [-0.15, -0.1) is 5.10 Å². The number of aryl methyl sites for hydroxylation is 2. The number of hydrogen-bond donors (Lipinski definition) is 1. The highest BCUT2D eigenvalue weighted by molar-refractivity contribution is 6.06. The molecule has 0 aliphatic carbocycles. The number of nitrogens with one attached hydrogen (secondary N) is 1. The average Bonchev–Trinajstić information content (AvgIpc) is 3.45. The molecule has 0 radical (unpaired) electrons. The number of amides is 1. The van der Waals surface area contributed by atoms with Crippen LogP contribution in [0.25, 0.3) is 33.3 Å². The van der Waals surface area contributed by atoms with Gasteiger partial charge in [0.15, 0.2) is 0 Å². The first-order valence-corrected chi connectivity index (χ1v) is 13.7. The standard InChI is InChI=1S/C30H33N7O3/c1-18(2)40-30(38)33-25-11-10-23-26-24(16-22(17-31-26)27-19(3)34-35-36(27)4)37(29(23)32-25)28(20-8-6-5-7-9-20)21-12-14-39-15-13-21/h5-11,16-18,21,28H,12-15H2,1-4H3,(H,32,33,38)/t28-/m1/s1. The van der Waals surface area contributed by atoms with Gasteiger partial charge in [0, 0.05) is 37.4 Å². The van der Waals surface area contributed by atoms with Crippen LogP contribution >= 0.6 is 0 Å². The van der Waals surface area contributed by atoms with Crippen molar-refractivity contribution in [3.8, 4) is 11.3 Å². The van der Waals surface area contributed by atoms with E-state index in [1.807, 2.05) is 46.1 Å². The summed E-state index contributed by atoms with van der Waals surface area (Å²) in [4.78, 5) is 22.4. The van der Waals surface area contributed by atoms with Crippen molar-refractivity contribution in [3.05, 3.63) is 66.0 Å². The maximum absolute atomic E-state index is 12.4. The second-order valence-electron chi connectivity index (χ2n) is 10.6. The molecular formula is C30H33N7O3. The normalized spacial score (nSPS) is 15.1. The summed E-state index contributed by atoms with van der Waals surface area (Å²) in [5.41, 5.74) is 6.44. The number of fused-ring (bicyclic) bond motifs is 3. The molecule has 1 aliphatic heterocycles. The number of benzene rings is 1. The molecule has 5 heterocycles. The summed E-state index contributed by atoms with van der Waals surface area (Å²) in [6.07, 6.45) is 2.96. The zero-order chi connectivity index (χ0) is 27.8. The molecule has 0 bridgehead atoms. The molecule has 1 atom stereocenters. The highest BCUT2D eigenvalue weighted by Crippen LogP contribution is 2.41. The maximum atomic E-state index is 12.4. The Morgan fingerprint density at radius 1 is 1.12 bits per heavy atom. The Labute approximate surface area is 232 Å². The zero-order valence-corrected chi connectivity index (χ0v) is 23.2. The predicted octanol–water partition coefficient (Wildman–Crippen LogP) is 5.66. The van der Waals surface area contributed by atoms with Gasteiger partial charge in [0.05, 0.1) is 34.6 Å². The molecule has 0 spiro atoms. The quantitative estimate of drug-likeness (QED) is 0.296. The fraction of sp³-hybridized carbons (Fsp3) is 0.367. The minimum atomic E-state index is -0.534. The topological polar surface area (TPSA) is 109 Å². The van der Waals surface area contributed by atoms with Crippen molar-refractivity contribution in [2.45, 2.75) is 45.8 Å². The van der Waals surface area contributed by atoms with Gasteiger partial charge in [-0.2, -0.15) is 0 Å². The lowest BCUT2D eigenvalue weighted by Gasteiger charge is -2.32. The van der Waals surface area contributed by atoms with Crippen molar-refractivity contribution >= 4 is 34.0 Å². The highest BCUT2D eigenvalue weighted by Gasteiger charge is 2.31. The molecule has 1 amide bonds. The fourth-order valence-corrected chi connectivity index (χ4v) is 5.77. The number of nitrogens with zero attached hydrogens (tertiary/aromatic N) is 6. The average molecular weight is 540 g/mol. The van der Waals surface area contributed by atoms with Gasteiger partial charge >= 0.3 is 6.09 Å². The first-order chi connectivity index (χ1) is 19.4. The summed E-state index contributed by atoms with van der Waals surface area (Å²) < 4.78 is 15.1. The van der Waals surface area contributed by atoms with Crippen LogP contribution in [0, 0.1) is 12.8 Å². The van der Waals surface area contributed by atoms with Crippen molar-refractivity contribution in [2.24, 2.45) is 13.0 Å². The van der Waals surface area contributed by atoms with E-state index in [1.54, 1.807) is 10.7 Å². The molecule has 1 saturated heterocycles. The van der Waals surface area contributed by atoms with E-state index in [0.717, 1.165) is 65.1 Å². The van der Waals surface area contributed by atoms with Gasteiger partial charge in [-0.1, -0.05) is 35.5 Å². The molecule has 6 rings (SSSR count). The Hall–Kier alpha value is -4.31. The predicted molar refractivity (Wildman–Crippen MR) is 153 cm³/mol. The molecule has 0 saturated carbocycles. The Morgan fingerprint density at radius 2 is 1.90 bits per heavy atom. The van der Waals surface area contributed by atoms with Crippen LogP contribution in [0.4, 0.5) is 10.6 Å². The number of ether oxygens (including phenoxy) is 2. The van der Waals surface area contributed by atoms with Crippen LogP contribution in [-0.2, 0) is 16.5 Å². The number of carbonyl (C=O) groups excluding carboxylic acids is 1. The molecule has 10 nitrogen and oxygen atoms in total. The smallest absolute Gasteiger partial charge is 0.413 e. The van der Waals surface area contributed by atoms with Crippen LogP contribution in [0.2, 0.25) is 0 Å². The van der Waals surface area contributed by atoms with Gasteiger partial charge < -0.3 is 14.0 Å². The Kier molecular flexibility index (Phi) is 6.93. The molecule has 1 fully saturated rings. The van der Waals surface area contributed by atoms with Gasteiger partial charge in [0.25, 0.3) is 0 Å². The number of carbonyl (C=O) groups is 1.